The molecule has 1 aromatic rings. The molecule has 1 fully saturated rings. The Morgan fingerprint density at radius 2 is 2.00 bits per heavy atom. The van der Waals surface area contributed by atoms with Gasteiger partial charge in [0.2, 0.25) is 5.91 Å². The van der Waals surface area contributed by atoms with E-state index in [0.29, 0.717) is 13.0 Å². The van der Waals surface area contributed by atoms with Crippen molar-refractivity contribution in [3.8, 4) is 5.75 Å². The smallest absolute Gasteiger partial charge is 0.328 e. The minimum absolute atomic E-state index is 0.0823. The SMILES string of the molecule is COC(=O)C(C)N1CC[C@@](C)(c2ccc(O)cc2)C1=O. The van der Waals surface area contributed by atoms with E-state index in [1.54, 1.807) is 36.1 Å². The highest BCUT2D eigenvalue weighted by Gasteiger charge is 2.46. The fourth-order valence-corrected chi connectivity index (χ4v) is 2.63. The van der Waals surface area contributed by atoms with Gasteiger partial charge in [-0.15, -0.1) is 0 Å². The van der Waals surface area contributed by atoms with Crippen LogP contribution in [0.25, 0.3) is 0 Å². The summed E-state index contributed by atoms with van der Waals surface area (Å²) in [5, 5.41) is 9.34. The fourth-order valence-electron chi connectivity index (χ4n) is 2.63. The van der Waals surface area contributed by atoms with Gasteiger partial charge >= 0.3 is 5.97 Å². The van der Waals surface area contributed by atoms with E-state index in [9.17, 15) is 14.7 Å². The molecule has 1 aliphatic rings. The van der Waals surface area contributed by atoms with Gasteiger partial charge in [0.1, 0.15) is 11.8 Å². The van der Waals surface area contributed by atoms with Crippen molar-refractivity contribution in [1.82, 2.24) is 4.90 Å². The third-order valence-electron chi connectivity index (χ3n) is 4.10. The number of phenols is 1. The van der Waals surface area contributed by atoms with E-state index in [1.165, 1.54) is 7.11 Å². The standard InChI is InChI=1S/C15H19NO4/c1-10(13(18)20-3)16-9-8-15(2,14(16)19)11-4-6-12(17)7-5-11/h4-7,10,17H,8-9H2,1-3H3/t10?,15-/m0/s1. The third kappa shape index (κ3) is 2.24. The Labute approximate surface area is 118 Å². The zero-order valence-electron chi connectivity index (χ0n) is 11.9. The number of hydrogen-bond donors (Lipinski definition) is 1. The van der Waals surface area contributed by atoms with Crippen LogP contribution in [0.15, 0.2) is 24.3 Å². The van der Waals surface area contributed by atoms with E-state index in [1.807, 2.05) is 6.92 Å². The summed E-state index contributed by atoms with van der Waals surface area (Å²) in [4.78, 5) is 25.8. The van der Waals surface area contributed by atoms with Crippen LogP contribution in [0.4, 0.5) is 0 Å². The maximum absolute atomic E-state index is 12.6. The second-order valence-corrected chi connectivity index (χ2v) is 5.33. The van der Waals surface area contributed by atoms with Crippen molar-refractivity contribution in [2.75, 3.05) is 13.7 Å². The monoisotopic (exact) mass is 277 g/mol. The van der Waals surface area contributed by atoms with Crippen molar-refractivity contribution in [2.24, 2.45) is 0 Å². The maximum Gasteiger partial charge on any atom is 0.328 e. The molecule has 0 saturated carbocycles. The highest BCUT2D eigenvalue weighted by Crippen LogP contribution is 2.37. The molecule has 1 unspecified atom stereocenters. The molecule has 5 heteroatoms. The van der Waals surface area contributed by atoms with Crippen LogP contribution in [0.1, 0.15) is 25.8 Å². The Balaban J connectivity index is 2.26. The Kier molecular flexibility index (Phi) is 3.70. The molecule has 1 saturated heterocycles. The van der Waals surface area contributed by atoms with Crippen LogP contribution in [0.5, 0.6) is 5.75 Å². The number of carbonyl (C=O) groups excluding carboxylic acids is 2. The number of rotatable bonds is 3. The number of nitrogens with zero attached hydrogens (tertiary/aromatic N) is 1. The van der Waals surface area contributed by atoms with Gasteiger partial charge in [-0.3, -0.25) is 4.79 Å². The average Bonchev–Trinajstić information content (AvgIpc) is 2.75. The zero-order chi connectivity index (χ0) is 14.9. The van der Waals surface area contributed by atoms with Crippen LogP contribution >= 0.6 is 0 Å². The van der Waals surface area contributed by atoms with Gasteiger partial charge in [-0.2, -0.15) is 0 Å². The van der Waals surface area contributed by atoms with E-state index < -0.39 is 17.4 Å². The number of methoxy groups -OCH3 is 1. The number of amides is 1. The minimum atomic E-state index is -0.657. The van der Waals surface area contributed by atoms with Gasteiger partial charge in [0, 0.05) is 6.54 Å². The largest absolute Gasteiger partial charge is 0.508 e. The Morgan fingerprint density at radius 3 is 2.55 bits per heavy atom. The number of hydrogen-bond acceptors (Lipinski definition) is 4. The molecule has 0 aliphatic carbocycles. The van der Waals surface area contributed by atoms with Crippen LogP contribution in [-0.4, -0.2) is 41.6 Å². The molecule has 1 aromatic carbocycles. The summed E-state index contributed by atoms with van der Waals surface area (Å²) in [7, 11) is 1.32. The molecule has 0 aromatic heterocycles. The molecule has 0 bridgehead atoms. The predicted octanol–water partition coefficient (Wildman–Crippen LogP) is 1.44. The lowest BCUT2D eigenvalue weighted by Gasteiger charge is -2.26. The van der Waals surface area contributed by atoms with E-state index in [4.69, 9.17) is 4.74 Å². The molecule has 1 aliphatic heterocycles. The quantitative estimate of drug-likeness (QED) is 0.849. The van der Waals surface area contributed by atoms with Crippen LogP contribution in [0.2, 0.25) is 0 Å². The predicted molar refractivity (Wildman–Crippen MR) is 73.3 cm³/mol. The number of ether oxygens (including phenoxy) is 1. The van der Waals surface area contributed by atoms with Crippen LogP contribution < -0.4 is 0 Å². The average molecular weight is 277 g/mol. The summed E-state index contributed by atoms with van der Waals surface area (Å²) >= 11 is 0. The molecular weight excluding hydrogens is 258 g/mol. The van der Waals surface area contributed by atoms with Crippen molar-refractivity contribution in [2.45, 2.75) is 31.7 Å². The number of carbonyl (C=O) groups is 2. The van der Waals surface area contributed by atoms with Gasteiger partial charge in [-0.1, -0.05) is 12.1 Å². The lowest BCUT2D eigenvalue weighted by Crippen LogP contribution is -2.44. The van der Waals surface area contributed by atoms with Gasteiger partial charge < -0.3 is 14.7 Å². The summed E-state index contributed by atoms with van der Waals surface area (Å²) in [5.41, 5.74) is 0.190. The third-order valence-corrected chi connectivity index (χ3v) is 4.10. The Bertz CT molecular complexity index is 525. The summed E-state index contributed by atoms with van der Waals surface area (Å²) in [5.74, 6) is -0.322. The number of aromatic hydroxyl groups is 1. The van der Waals surface area contributed by atoms with E-state index in [-0.39, 0.29) is 11.7 Å². The van der Waals surface area contributed by atoms with Gasteiger partial charge in [0.15, 0.2) is 0 Å². The van der Waals surface area contributed by atoms with Crippen molar-refractivity contribution >= 4 is 11.9 Å². The Hall–Kier alpha value is -2.04. The number of likely N-dealkylation sites (tertiary alicyclic amines) is 1. The first-order chi connectivity index (χ1) is 9.40. The minimum Gasteiger partial charge on any atom is -0.508 e. The summed E-state index contributed by atoms with van der Waals surface area (Å²) in [6, 6.07) is 6.06. The number of benzene rings is 1. The van der Waals surface area contributed by atoms with E-state index in [0.717, 1.165) is 5.56 Å². The summed E-state index contributed by atoms with van der Waals surface area (Å²) in [6.45, 7) is 4.06. The fraction of sp³-hybridized carbons (Fsp3) is 0.467. The normalized spacial score (nSPS) is 23.8. The molecule has 2 rings (SSSR count). The molecule has 108 valence electrons. The van der Waals surface area contributed by atoms with Gasteiger partial charge in [-0.25, -0.2) is 4.79 Å². The first-order valence-electron chi connectivity index (χ1n) is 6.58. The first-order valence-corrected chi connectivity index (χ1v) is 6.58. The van der Waals surface area contributed by atoms with Gasteiger partial charge in [0.05, 0.1) is 12.5 Å². The van der Waals surface area contributed by atoms with Gasteiger partial charge in [-0.05, 0) is 38.0 Å². The maximum atomic E-state index is 12.6. The molecule has 0 spiro atoms. The number of phenolic OH excluding ortho intramolecular Hbond substituents is 1. The van der Waals surface area contributed by atoms with Crippen molar-refractivity contribution in [1.29, 1.82) is 0 Å². The molecular formula is C15H19NO4. The molecule has 2 atom stereocenters. The molecule has 1 heterocycles. The van der Waals surface area contributed by atoms with Crippen LogP contribution in [-0.2, 0) is 19.7 Å². The highest BCUT2D eigenvalue weighted by molar-refractivity contribution is 5.93. The summed E-state index contributed by atoms with van der Waals surface area (Å²) < 4.78 is 4.70. The second-order valence-electron chi connectivity index (χ2n) is 5.33. The zero-order valence-corrected chi connectivity index (χ0v) is 11.9. The molecule has 5 nitrogen and oxygen atoms in total. The lowest BCUT2D eigenvalue weighted by atomic mass is 9.81. The van der Waals surface area contributed by atoms with Crippen molar-refractivity contribution in [3.63, 3.8) is 0 Å². The van der Waals surface area contributed by atoms with Gasteiger partial charge in [0.25, 0.3) is 0 Å². The van der Waals surface area contributed by atoms with E-state index >= 15 is 0 Å². The van der Waals surface area contributed by atoms with E-state index in [2.05, 4.69) is 0 Å². The van der Waals surface area contributed by atoms with Crippen LogP contribution in [0, 0.1) is 0 Å². The second kappa shape index (κ2) is 5.15. The Morgan fingerprint density at radius 1 is 1.40 bits per heavy atom. The molecule has 1 N–H and O–H groups in total. The van der Waals surface area contributed by atoms with Crippen LogP contribution in [0.3, 0.4) is 0 Å². The topological polar surface area (TPSA) is 66.8 Å². The highest BCUT2D eigenvalue weighted by atomic mass is 16.5. The molecule has 1 amide bonds. The first kappa shape index (κ1) is 14.4. The number of esters is 1. The summed E-state index contributed by atoms with van der Waals surface area (Å²) in [6.07, 6.45) is 0.637. The molecule has 20 heavy (non-hydrogen) atoms. The van der Waals surface area contributed by atoms with Crippen molar-refractivity contribution in [3.05, 3.63) is 29.8 Å². The molecule has 0 radical (unpaired) electrons. The lowest BCUT2D eigenvalue weighted by molar-refractivity contribution is -0.151. The van der Waals surface area contributed by atoms with Crippen molar-refractivity contribution < 1.29 is 19.4 Å².